The van der Waals surface area contributed by atoms with Crippen molar-refractivity contribution in [3.8, 4) is 17.0 Å². The molecule has 2 nitrogen and oxygen atoms in total. The molecule has 0 amide bonds. The standard InChI is InChI=1S/C13H10F3NO/c14-13(15,16)9-18-11-6-7-17-12(8-11)10-4-2-1-3-5-10/h1-8H,9H2. The molecule has 94 valence electrons. The summed E-state index contributed by atoms with van der Waals surface area (Å²) < 4.78 is 40.7. The van der Waals surface area contributed by atoms with E-state index in [0.29, 0.717) is 5.69 Å². The van der Waals surface area contributed by atoms with Gasteiger partial charge in [-0.05, 0) is 6.07 Å². The summed E-state index contributed by atoms with van der Waals surface area (Å²) in [4.78, 5) is 4.09. The van der Waals surface area contributed by atoms with Gasteiger partial charge in [0.1, 0.15) is 5.75 Å². The third kappa shape index (κ3) is 3.48. The first-order valence-electron chi connectivity index (χ1n) is 5.26. The van der Waals surface area contributed by atoms with Crippen LogP contribution in [0.5, 0.6) is 5.75 Å². The molecule has 0 saturated carbocycles. The summed E-state index contributed by atoms with van der Waals surface area (Å²) in [5.41, 5.74) is 1.41. The normalized spacial score (nSPS) is 11.3. The molecule has 18 heavy (non-hydrogen) atoms. The molecule has 5 heteroatoms. The Morgan fingerprint density at radius 2 is 1.78 bits per heavy atom. The number of alkyl halides is 3. The minimum absolute atomic E-state index is 0.154. The van der Waals surface area contributed by atoms with Gasteiger partial charge in [-0.15, -0.1) is 0 Å². The van der Waals surface area contributed by atoms with Crippen LogP contribution in [0, 0.1) is 0 Å². The summed E-state index contributed by atoms with van der Waals surface area (Å²) in [6.07, 6.45) is -2.91. The first-order chi connectivity index (χ1) is 8.54. The zero-order valence-electron chi connectivity index (χ0n) is 9.32. The Morgan fingerprint density at radius 1 is 1.06 bits per heavy atom. The van der Waals surface area contributed by atoms with Gasteiger partial charge >= 0.3 is 6.18 Å². The molecule has 0 aliphatic rings. The smallest absolute Gasteiger partial charge is 0.422 e. The van der Waals surface area contributed by atoms with E-state index in [2.05, 4.69) is 9.72 Å². The molecule has 1 heterocycles. The summed E-state index contributed by atoms with van der Waals surface area (Å²) in [6.45, 7) is -1.30. The summed E-state index contributed by atoms with van der Waals surface area (Å²) in [7, 11) is 0. The van der Waals surface area contributed by atoms with Gasteiger partial charge in [-0.2, -0.15) is 13.2 Å². The maximum absolute atomic E-state index is 12.0. The van der Waals surface area contributed by atoms with Crippen LogP contribution < -0.4 is 4.74 Å². The molecule has 1 aromatic heterocycles. The van der Waals surface area contributed by atoms with Crippen molar-refractivity contribution in [3.63, 3.8) is 0 Å². The maximum atomic E-state index is 12.0. The lowest BCUT2D eigenvalue weighted by Gasteiger charge is -2.09. The largest absolute Gasteiger partial charge is 0.484 e. The van der Waals surface area contributed by atoms with Crippen molar-refractivity contribution < 1.29 is 17.9 Å². The number of benzene rings is 1. The molecule has 0 N–H and O–H groups in total. The Bertz CT molecular complexity index is 511. The summed E-state index contributed by atoms with van der Waals surface area (Å²) in [5.74, 6) is 0.154. The highest BCUT2D eigenvalue weighted by Crippen LogP contribution is 2.23. The maximum Gasteiger partial charge on any atom is 0.422 e. The lowest BCUT2D eigenvalue weighted by atomic mass is 10.1. The van der Waals surface area contributed by atoms with Crippen LogP contribution >= 0.6 is 0 Å². The highest BCUT2D eigenvalue weighted by atomic mass is 19.4. The fraction of sp³-hybridized carbons (Fsp3) is 0.154. The molecular formula is C13H10F3NO. The summed E-state index contributed by atoms with van der Waals surface area (Å²) in [5, 5.41) is 0. The van der Waals surface area contributed by atoms with Gasteiger partial charge in [-0.3, -0.25) is 4.98 Å². The van der Waals surface area contributed by atoms with Gasteiger partial charge in [0.05, 0.1) is 5.69 Å². The van der Waals surface area contributed by atoms with Gasteiger partial charge < -0.3 is 4.74 Å². The molecule has 0 bridgehead atoms. The van der Waals surface area contributed by atoms with E-state index in [1.807, 2.05) is 30.3 Å². The quantitative estimate of drug-likeness (QED) is 0.832. The average molecular weight is 253 g/mol. The van der Waals surface area contributed by atoms with Crippen LogP contribution in [0.1, 0.15) is 0 Å². The van der Waals surface area contributed by atoms with Crippen molar-refractivity contribution >= 4 is 0 Å². The van der Waals surface area contributed by atoms with Crippen molar-refractivity contribution in [3.05, 3.63) is 48.7 Å². The Hall–Kier alpha value is -2.04. The first-order valence-corrected chi connectivity index (χ1v) is 5.26. The Morgan fingerprint density at radius 3 is 2.44 bits per heavy atom. The number of hydrogen-bond acceptors (Lipinski definition) is 2. The van der Waals surface area contributed by atoms with Crippen molar-refractivity contribution in [1.29, 1.82) is 0 Å². The highest BCUT2D eigenvalue weighted by molar-refractivity contribution is 5.60. The molecule has 0 aliphatic carbocycles. The van der Waals surface area contributed by atoms with E-state index >= 15 is 0 Å². The summed E-state index contributed by atoms with van der Waals surface area (Å²) >= 11 is 0. The molecule has 0 fully saturated rings. The van der Waals surface area contributed by atoms with E-state index in [9.17, 15) is 13.2 Å². The number of nitrogens with zero attached hydrogens (tertiary/aromatic N) is 1. The lowest BCUT2D eigenvalue weighted by Crippen LogP contribution is -2.19. The number of aromatic nitrogens is 1. The average Bonchev–Trinajstić information content (AvgIpc) is 2.37. The van der Waals surface area contributed by atoms with Gasteiger partial charge in [0.15, 0.2) is 6.61 Å². The fourth-order valence-corrected chi connectivity index (χ4v) is 1.43. The van der Waals surface area contributed by atoms with Crippen LogP contribution in [0.4, 0.5) is 13.2 Å². The molecule has 0 saturated heterocycles. The number of ether oxygens (including phenoxy) is 1. The number of pyridine rings is 1. The second-order valence-corrected chi connectivity index (χ2v) is 3.65. The Kier molecular flexibility index (Phi) is 3.50. The second-order valence-electron chi connectivity index (χ2n) is 3.65. The van der Waals surface area contributed by atoms with E-state index in [1.54, 1.807) is 0 Å². The van der Waals surface area contributed by atoms with E-state index in [0.717, 1.165) is 5.56 Å². The second kappa shape index (κ2) is 5.08. The number of hydrogen-bond donors (Lipinski definition) is 0. The third-order valence-electron chi connectivity index (χ3n) is 2.20. The molecule has 0 aliphatic heterocycles. The van der Waals surface area contributed by atoms with Crippen LogP contribution in [0.25, 0.3) is 11.3 Å². The molecule has 0 atom stereocenters. The third-order valence-corrected chi connectivity index (χ3v) is 2.20. The Balaban J connectivity index is 2.16. The van der Waals surface area contributed by atoms with E-state index in [4.69, 9.17) is 0 Å². The highest BCUT2D eigenvalue weighted by Gasteiger charge is 2.28. The van der Waals surface area contributed by atoms with Crippen LogP contribution in [-0.4, -0.2) is 17.8 Å². The van der Waals surface area contributed by atoms with Gasteiger partial charge in [-0.25, -0.2) is 0 Å². The van der Waals surface area contributed by atoms with Crippen molar-refractivity contribution in [1.82, 2.24) is 4.98 Å². The number of halogens is 3. The summed E-state index contributed by atoms with van der Waals surface area (Å²) in [6, 6.07) is 12.1. The monoisotopic (exact) mass is 253 g/mol. The fourth-order valence-electron chi connectivity index (χ4n) is 1.43. The molecule has 1 aromatic carbocycles. The molecule has 2 rings (SSSR count). The van der Waals surface area contributed by atoms with Gasteiger partial charge in [0.2, 0.25) is 0 Å². The van der Waals surface area contributed by atoms with Gasteiger partial charge in [-0.1, -0.05) is 30.3 Å². The molecule has 0 radical (unpaired) electrons. The minimum Gasteiger partial charge on any atom is -0.484 e. The topological polar surface area (TPSA) is 22.1 Å². The van der Waals surface area contributed by atoms with Crippen LogP contribution in [0.2, 0.25) is 0 Å². The minimum atomic E-state index is -4.34. The van der Waals surface area contributed by atoms with E-state index in [-0.39, 0.29) is 5.75 Å². The van der Waals surface area contributed by atoms with E-state index < -0.39 is 12.8 Å². The van der Waals surface area contributed by atoms with E-state index in [1.165, 1.54) is 18.3 Å². The van der Waals surface area contributed by atoms with Gasteiger partial charge in [0.25, 0.3) is 0 Å². The van der Waals surface area contributed by atoms with Crippen molar-refractivity contribution in [2.24, 2.45) is 0 Å². The first kappa shape index (κ1) is 12.4. The van der Waals surface area contributed by atoms with Crippen LogP contribution in [0.3, 0.4) is 0 Å². The molecule has 2 aromatic rings. The predicted molar refractivity (Wildman–Crippen MR) is 61.2 cm³/mol. The predicted octanol–water partition coefficient (Wildman–Crippen LogP) is 3.69. The van der Waals surface area contributed by atoms with Crippen LogP contribution in [-0.2, 0) is 0 Å². The van der Waals surface area contributed by atoms with Gasteiger partial charge in [0, 0.05) is 17.8 Å². The zero-order chi connectivity index (χ0) is 13.0. The SMILES string of the molecule is FC(F)(F)COc1ccnc(-c2ccccc2)c1. The van der Waals surface area contributed by atoms with Crippen molar-refractivity contribution in [2.75, 3.05) is 6.61 Å². The van der Waals surface area contributed by atoms with Crippen molar-refractivity contribution in [2.45, 2.75) is 6.18 Å². The molecule has 0 spiro atoms. The van der Waals surface area contributed by atoms with Crippen LogP contribution in [0.15, 0.2) is 48.7 Å². The lowest BCUT2D eigenvalue weighted by molar-refractivity contribution is -0.153. The molecular weight excluding hydrogens is 243 g/mol. The Labute approximate surface area is 102 Å². The number of rotatable bonds is 3. The molecule has 0 unspecified atom stereocenters. The zero-order valence-corrected chi connectivity index (χ0v) is 9.32.